The molecule has 29 heavy (non-hydrogen) atoms. The van der Waals surface area contributed by atoms with E-state index in [1.54, 1.807) is 0 Å². The molecule has 0 saturated heterocycles. The van der Waals surface area contributed by atoms with E-state index in [2.05, 4.69) is 90.6 Å². The third-order valence-corrected chi connectivity index (χ3v) is 17.7. The number of nitrogens with zero attached hydrogens (tertiary/aromatic N) is 1. The van der Waals surface area contributed by atoms with Gasteiger partial charge >= 0.3 is 183 Å². The minimum atomic E-state index is -3.86. The first-order chi connectivity index (χ1) is 14.1. The molecule has 6 rings (SSSR count). The van der Waals surface area contributed by atoms with Gasteiger partial charge in [0, 0.05) is 0 Å². The fourth-order valence-corrected chi connectivity index (χ4v) is 16.4. The van der Waals surface area contributed by atoms with Gasteiger partial charge in [0.2, 0.25) is 0 Å². The van der Waals surface area contributed by atoms with Gasteiger partial charge in [-0.2, -0.15) is 0 Å². The van der Waals surface area contributed by atoms with Gasteiger partial charge in [0.05, 0.1) is 0 Å². The van der Waals surface area contributed by atoms with E-state index < -0.39 is 17.9 Å². The molecule has 4 heteroatoms. The van der Waals surface area contributed by atoms with Crippen molar-refractivity contribution in [3.8, 4) is 22.3 Å². The third kappa shape index (κ3) is 2.49. The van der Waals surface area contributed by atoms with Crippen molar-refractivity contribution in [2.24, 2.45) is 7.05 Å². The second-order valence-corrected chi connectivity index (χ2v) is 22.0. The Kier molecular flexibility index (Phi) is 4.05. The van der Waals surface area contributed by atoms with Gasteiger partial charge in [-0.05, 0) is 0 Å². The second kappa shape index (κ2) is 6.45. The monoisotopic (exact) mass is 493 g/mol. The summed E-state index contributed by atoms with van der Waals surface area (Å²) in [6, 6.07) is 26.1. The van der Waals surface area contributed by atoms with E-state index in [4.69, 9.17) is 17.0 Å². The molecular formula is C25H19Cl2NZr. The zero-order chi connectivity index (χ0) is 19.8. The first kappa shape index (κ1) is 18.2. The Labute approximate surface area is 182 Å². The molecule has 1 unspecified atom stereocenters. The Balaban J connectivity index is 1.57. The molecule has 0 bridgehead atoms. The number of halogens is 2. The van der Waals surface area contributed by atoms with Crippen LogP contribution in [0.5, 0.6) is 0 Å². The second-order valence-electron chi connectivity index (χ2n) is 8.03. The van der Waals surface area contributed by atoms with Gasteiger partial charge in [-0.3, -0.25) is 0 Å². The summed E-state index contributed by atoms with van der Waals surface area (Å²) >= 11 is -3.86. The van der Waals surface area contributed by atoms with E-state index in [-0.39, 0.29) is 3.63 Å². The van der Waals surface area contributed by atoms with Crippen molar-refractivity contribution in [1.82, 2.24) is 4.57 Å². The maximum absolute atomic E-state index is 7.54. The van der Waals surface area contributed by atoms with Gasteiger partial charge in [0.1, 0.15) is 0 Å². The van der Waals surface area contributed by atoms with E-state index >= 15 is 0 Å². The van der Waals surface area contributed by atoms with E-state index in [0.29, 0.717) is 0 Å². The normalized spacial score (nSPS) is 16.3. The van der Waals surface area contributed by atoms with Crippen LogP contribution in [0.15, 0.2) is 79.0 Å². The molecule has 1 heterocycles. The SMILES string of the molecule is Cn1ccc2c1[CH]([Zr]([Cl])([Cl])[c]1cccc3c1Cc1ccccc1-3)c1ccccc1-2. The van der Waals surface area contributed by atoms with Crippen LogP contribution in [-0.2, 0) is 31.3 Å². The van der Waals surface area contributed by atoms with Crippen LogP contribution in [0.25, 0.3) is 22.3 Å². The summed E-state index contributed by atoms with van der Waals surface area (Å²) in [7, 11) is 17.2. The number of rotatable bonds is 2. The molecule has 1 aromatic heterocycles. The topological polar surface area (TPSA) is 4.93 Å². The molecule has 2 aliphatic rings. The average molecular weight is 496 g/mol. The van der Waals surface area contributed by atoms with E-state index in [0.717, 1.165) is 6.42 Å². The molecule has 2 aliphatic carbocycles. The van der Waals surface area contributed by atoms with Crippen LogP contribution in [-0.4, -0.2) is 4.57 Å². The summed E-state index contributed by atoms with van der Waals surface area (Å²) in [6.07, 6.45) is 3.06. The fourth-order valence-electron chi connectivity index (χ4n) is 5.26. The van der Waals surface area contributed by atoms with Gasteiger partial charge < -0.3 is 0 Å². The molecule has 0 fully saturated rings. The fraction of sp³-hybridized carbons (Fsp3) is 0.120. The molecule has 0 aliphatic heterocycles. The van der Waals surface area contributed by atoms with Crippen LogP contribution in [0.4, 0.5) is 0 Å². The molecule has 0 saturated carbocycles. The Bertz CT molecular complexity index is 1290. The van der Waals surface area contributed by atoms with Crippen LogP contribution >= 0.6 is 17.0 Å². The van der Waals surface area contributed by atoms with Crippen molar-refractivity contribution in [3.05, 3.63) is 101 Å². The molecule has 0 spiro atoms. The summed E-state index contributed by atoms with van der Waals surface area (Å²) < 4.78 is 3.54. The average Bonchev–Trinajstić information content (AvgIpc) is 3.39. The molecule has 1 atom stereocenters. The van der Waals surface area contributed by atoms with Crippen LogP contribution in [0.2, 0.25) is 0 Å². The van der Waals surface area contributed by atoms with Crippen LogP contribution < -0.4 is 3.27 Å². The van der Waals surface area contributed by atoms with Gasteiger partial charge in [-0.1, -0.05) is 0 Å². The number of hydrogen-bond acceptors (Lipinski definition) is 0. The summed E-state index contributed by atoms with van der Waals surface area (Å²) in [5.41, 5.74) is 10.5. The van der Waals surface area contributed by atoms with Crippen LogP contribution in [0, 0.1) is 0 Å². The van der Waals surface area contributed by atoms with Gasteiger partial charge in [-0.25, -0.2) is 0 Å². The van der Waals surface area contributed by atoms with Gasteiger partial charge in [-0.15, -0.1) is 0 Å². The third-order valence-electron chi connectivity index (χ3n) is 6.53. The van der Waals surface area contributed by atoms with Crippen LogP contribution in [0.1, 0.15) is 26.0 Å². The number of hydrogen-bond donors (Lipinski definition) is 0. The van der Waals surface area contributed by atoms with Crippen molar-refractivity contribution in [2.45, 2.75) is 10.0 Å². The Hall–Kier alpha value is -1.60. The quantitative estimate of drug-likeness (QED) is 0.265. The summed E-state index contributed by atoms with van der Waals surface area (Å²) in [5.74, 6) is 0. The Morgan fingerprint density at radius 1 is 0.793 bits per heavy atom. The molecule has 0 radical (unpaired) electrons. The summed E-state index contributed by atoms with van der Waals surface area (Å²) in [5, 5.41) is 0. The Morgan fingerprint density at radius 2 is 1.52 bits per heavy atom. The predicted molar refractivity (Wildman–Crippen MR) is 119 cm³/mol. The zero-order valence-corrected chi connectivity index (χ0v) is 20.0. The molecule has 3 aromatic carbocycles. The van der Waals surface area contributed by atoms with Gasteiger partial charge in [0.25, 0.3) is 0 Å². The number of fused-ring (bicyclic) bond motifs is 6. The first-order valence-corrected chi connectivity index (χ1v) is 18.9. The van der Waals surface area contributed by atoms with Gasteiger partial charge in [0.15, 0.2) is 0 Å². The van der Waals surface area contributed by atoms with Crippen molar-refractivity contribution in [2.75, 3.05) is 0 Å². The van der Waals surface area contributed by atoms with Crippen molar-refractivity contribution < 1.29 is 17.9 Å². The molecule has 0 amide bonds. The number of benzene rings is 3. The molecule has 142 valence electrons. The molecule has 1 nitrogen and oxygen atoms in total. The van der Waals surface area contributed by atoms with Crippen molar-refractivity contribution in [1.29, 1.82) is 0 Å². The molecular weight excluding hydrogens is 476 g/mol. The first-order valence-electron chi connectivity index (χ1n) is 9.90. The van der Waals surface area contributed by atoms with Crippen LogP contribution in [0.3, 0.4) is 0 Å². The van der Waals surface area contributed by atoms with E-state index in [1.807, 2.05) is 0 Å². The molecule has 4 aromatic rings. The maximum atomic E-state index is 7.54. The van der Waals surface area contributed by atoms with E-state index in [1.165, 1.54) is 47.9 Å². The zero-order valence-electron chi connectivity index (χ0n) is 16.0. The summed E-state index contributed by atoms with van der Waals surface area (Å²) in [4.78, 5) is 0. The predicted octanol–water partition coefficient (Wildman–Crippen LogP) is 6.45. The van der Waals surface area contributed by atoms with E-state index in [9.17, 15) is 0 Å². The Morgan fingerprint density at radius 3 is 2.38 bits per heavy atom. The van der Waals surface area contributed by atoms with Crippen molar-refractivity contribution >= 4 is 20.3 Å². The van der Waals surface area contributed by atoms with Crippen molar-refractivity contribution in [3.63, 3.8) is 0 Å². The minimum absolute atomic E-state index is 0.0917. The standard InChI is InChI=1S/C13H9.C12H10N.2ClH.Zr/c1-3-7-12-10(5-1)9-11-6-2-4-8-13(11)12;1-13-7-6-11-10-5-3-2-4-9(10)8-12(11)13;;;/h1-5,7-8H,9H2;2-8H,1H3;2*1H;/q;;;;+2/p-2. The number of aryl methyl sites for hydroxylation is 1. The molecule has 0 N–H and O–H groups in total. The summed E-state index contributed by atoms with van der Waals surface area (Å²) in [6.45, 7) is 0. The number of aromatic nitrogens is 1.